The molecule has 0 aliphatic rings. The van der Waals surface area contributed by atoms with Crippen LogP contribution in [0.5, 0.6) is 0 Å². The molecular weight excluding hydrogens is 266 g/mol. The van der Waals surface area contributed by atoms with Crippen molar-refractivity contribution in [2.45, 2.75) is 26.4 Å². The van der Waals surface area contributed by atoms with Crippen LogP contribution in [0.1, 0.15) is 19.5 Å². The molecule has 0 fully saturated rings. The maximum absolute atomic E-state index is 10.6. The number of aliphatic carboxylic acids is 1. The summed E-state index contributed by atoms with van der Waals surface area (Å²) >= 11 is 3.36. The van der Waals surface area contributed by atoms with Crippen LogP contribution in [0.15, 0.2) is 24.3 Å². The molecule has 0 bridgehead atoms. The monoisotopic (exact) mass is 281 g/mol. The highest BCUT2D eigenvalue weighted by molar-refractivity contribution is 7.12. The minimum absolute atomic E-state index is 0.120. The quantitative estimate of drug-likeness (QED) is 0.855. The summed E-state index contributed by atoms with van der Waals surface area (Å²) in [4.78, 5) is 15.3. The van der Waals surface area contributed by atoms with E-state index >= 15 is 0 Å². The van der Waals surface area contributed by atoms with Crippen molar-refractivity contribution < 1.29 is 9.90 Å². The highest BCUT2D eigenvalue weighted by atomic mass is 32.1. The molecule has 2 aromatic heterocycles. The van der Waals surface area contributed by atoms with Gasteiger partial charge < -0.3 is 10.4 Å². The van der Waals surface area contributed by atoms with Crippen molar-refractivity contribution >= 4 is 28.6 Å². The summed E-state index contributed by atoms with van der Waals surface area (Å²) in [6, 6.07) is 8.15. The Bertz CT molecular complexity index is 531. The lowest BCUT2D eigenvalue weighted by atomic mass is 10.3. The Hall–Kier alpha value is -1.17. The molecule has 0 aliphatic heterocycles. The van der Waals surface area contributed by atoms with Crippen molar-refractivity contribution in [3.05, 3.63) is 43.8 Å². The molecule has 0 spiro atoms. The SMILES string of the molecule is Cc1ccc(CNCc2ccc(CC(=O)O)s2)s1. The van der Waals surface area contributed by atoms with Crippen LogP contribution in [-0.4, -0.2) is 11.1 Å². The van der Waals surface area contributed by atoms with Gasteiger partial charge in [-0.05, 0) is 31.2 Å². The molecule has 0 amide bonds. The Kier molecular flexibility index (Phi) is 4.52. The van der Waals surface area contributed by atoms with Gasteiger partial charge in [-0.25, -0.2) is 0 Å². The van der Waals surface area contributed by atoms with Crippen molar-refractivity contribution in [2.75, 3.05) is 0 Å². The Morgan fingerprint density at radius 2 is 1.72 bits per heavy atom. The molecule has 0 aromatic carbocycles. The molecule has 0 saturated carbocycles. The van der Waals surface area contributed by atoms with Gasteiger partial charge in [-0.15, -0.1) is 22.7 Å². The molecule has 96 valence electrons. The number of carboxylic acid groups (broad SMARTS) is 1. The largest absolute Gasteiger partial charge is 0.481 e. The van der Waals surface area contributed by atoms with Crippen LogP contribution in [0.4, 0.5) is 0 Å². The molecular formula is C13H15NO2S2. The van der Waals surface area contributed by atoms with E-state index in [4.69, 9.17) is 5.11 Å². The summed E-state index contributed by atoms with van der Waals surface area (Å²) in [5, 5.41) is 12.1. The predicted octanol–water partition coefficient (Wildman–Crippen LogP) is 3.03. The second kappa shape index (κ2) is 6.13. The zero-order chi connectivity index (χ0) is 13.0. The number of hydrogen-bond acceptors (Lipinski definition) is 4. The highest BCUT2D eigenvalue weighted by Gasteiger charge is 2.04. The third kappa shape index (κ3) is 3.94. The van der Waals surface area contributed by atoms with Gasteiger partial charge in [-0.2, -0.15) is 0 Å². The molecule has 0 aliphatic carbocycles. The topological polar surface area (TPSA) is 49.3 Å². The first-order chi connectivity index (χ1) is 8.63. The Morgan fingerprint density at radius 3 is 2.33 bits per heavy atom. The maximum Gasteiger partial charge on any atom is 0.308 e. The van der Waals surface area contributed by atoms with Crippen LogP contribution in [0.3, 0.4) is 0 Å². The Morgan fingerprint density at radius 1 is 1.11 bits per heavy atom. The third-order valence-electron chi connectivity index (χ3n) is 2.44. The molecule has 2 N–H and O–H groups in total. The zero-order valence-corrected chi connectivity index (χ0v) is 11.7. The van der Waals surface area contributed by atoms with E-state index in [0.29, 0.717) is 0 Å². The van der Waals surface area contributed by atoms with E-state index in [2.05, 4.69) is 24.4 Å². The molecule has 3 nitrogen and oxygen atoms in total. The van der Waals surface area contributed by atoms with Crippen LogP contribution in [0.2, 0.25) is 0 Å². The lowest BCUT2D eigenvalue weighted by Gasteiger charge is -2.00. The minimum Gasteiger partial charge on any atom is -0.481 e. The van der Waals surface area contributed by atoms with Gasteiger partial charge in [0.05, 0.1) is 6.42 Å². The van der Waals surface area contributed by atoms with Crippen LogP contribution < -0.4 is 5.32 Å². The molecule has 2 rings (SSSR count). The molecule has 18 heavy (non-hydrogen) atoms. The van der Waals surface area contributed by atoms with Gasteiger partial charge in [0.1, 0.15) is 0 Å². The summed E-state index contributed by atoms with van der Waals surface area (Å²) in [6.45, 7) is 3.76. The average Bonchev–Trinajstić information content (AvgIpc) is 2.88. The number of hydrogen-bond donors (Lipinski definition) is 2. The van der Waals surface area contributed by atoms with Crippen molar-refractivity contribution in [2.24, 2.45) is 0 Å². The van der Waals surface area contributed by atoms with Crippen LogP contribution >= 0.6 is 22.7 Å². The second-order valence-corrected chi connectivity index (χ2v) is 6.68. The van der Waals surface area contributed by atoms with E-state index in [1.807, 2.05) is 12.1 Å². The number of aryl methyl sites for hydroxylation is 1. The zero-order valence-electron chi connectivity index (χ0n) is 10.1. The summed E-state index contributed by atoms with van der Waals surface area (Å²) in [5.41, 5.74) is 0. The first-order valence-electron chi connectivity index (χ1n) is 5.69. The van der Waals surface area contributed by atoms with Crippen LogP contribution in [0, 0.1) is 6.92 Å². The predicted molar refractivity (Wildman–Crippen MR) is 75.3 cm³/mol. The molecule has 0 saturated heterocycles. The number of nitrogens with one attached hydrogen (secondary N) is 1. The van der Waals surface area contributed by atoms with E-state index < -0.39 is 5.97 Å². The standard InChI is InChI=1S/C13H15NO2S2/c1-9-2-3-11(17-9)7-14-8-12-5-4-10(18-12)6-13(15)16/h2-5,14H,6-8H2,1H3,(H,15,16). The van der Waals surface area contributed by atoms with Crippen molar-refractivity contribution in [1.82, 2.24) is 5.32 Å². The summed E-state index contributed by atoms with van der Waals surface area (Å²) < 4.78 is 0. The van der Waals surface area contributed by atoms with Gasteiger partial charge in [0.15, 0.2) is 0 Å². The first kappa shape index (κ1) is 13.3. The van der Waals surface area contributed by atoms with Crippen LogP contribution in [0.25, 0.3) is 0 Å². The molecule has 0 unspecified atom stereocenters. The van der Waals surface area contributed by atoms with E-state index in [0.717, 1.165) is 18.0 Å². The Labute approximate surface area is 114 Å². The van der Waals surface area contributed by atoms with Gasteiger partial charge in [0.2, 0.25) is 0 Å². The van der Waals surface area contributed by atoms with Gasteiger partial charge in [-0.1, -0.05) is 0 Å². The number of carboxylic acids is 1. The van der Waals surface area contributed by atoms with E-state index in [-0.39, 0.29) is 6.42 Å². The summed E-state index contributed by atoms with van der Waals surface area (Å²) in [5.74, 6) is -0.773. The van der Waals surface area contributed by atoms with Gasteiger partial charge in [-0.3, -0.25) is 4.79 Å². The van der Waals surface area contributed by atoms with Crippen LogP contribution in [-0.2, 0) is 24.3 Å². The lowest BCUT2D eigenvalue weighted by molar-refractivity contribution is -0.136. The normalized spacial score (nSPS) is 10.7. The smallest absolute Gasteiger partial charge is 0.308 e. The Balaban J connectivity index is 1.79. The van der Waals surface area contributed by atoms with E-state index in [1.54, 1.807) is 22.7 Å². The summed E-state index contributed by atoms with van der Waals surface area (Å²) in [6.07, 6.45) is 0.120. The highest BCUT2D eigenvalue weighted by Crippen LogP contribution is 2.18. The third-order valence-corrected chi connectivity index (χ3v) is 4.52. The molecule has 0 atom stereocenters. The first-order valence-corrected chi connectivity index (χ1v) is 7.32. The molecule has 0 radical (unpaired) electrons. The van der Waals surface area contributed by atoms with Crippen molar-refractivity contribution in [1.29, 1.82) is 0 Å². The second-order valence-electron chi connectivity index (χ2n) is 4.05. The van der Waals surface area contributed by atoms with Crippen molar-refractivity contribution in [3.63, 3.8) is 0 Å². The van der Waals surface area contributed by atoms with Gasteiger partial charge >= 0.3 is 5.97 Å². The average molecular weight is 281 g/mol. The number of carbonyl (C=O) groups is 1. The van der Waals surface area contributed by atoms with Gasteiger partial charge in [0.25, 0.3) is 0 Å². The number of thiophene rings is 2. The van der Waals surface area contributed by atoms with E-state index in [9.17, 15) is 4.79 Å². The molecule has 2 heterocycles. The van der Waals surface area contributed by atoms with Crippen molar-refractivity contribution in [3.8, 4) is 0 Å². The minimum atomic E-state index is -0.773. The fourth-order valence-corrected chi connectivity index (χ4v) is 3.49. The fraction of sp³-hybridized carbons (Fsp3) is 0.308. The lowest BCUT2D eigenvalue weighted by Crippen LogP contribution is -2.10. The van der Waals surface area contributed by atoms with Gasteiger partial charge in [0, 0.05) is 32.6 Å². The molecule has 5 heteroatoms. The summed E-state index contributed by atoms with van der Waals surface area (Å²) in [7, 11) is 0. The molecule has 2 aromatic rings. The number of rotatable bonds is 6. The van der Waals surface area contributed by atoms with E-state index in [1.165, 1.54) is 14.6 Å². The maximum atomic E-state index is 10.6. The fourth-order valence-electron chi connectivity index (χ4n) is 1.65.